The molecule has 0 heterocycles. The Morgan fingerprint density at radius 1 is 0.943 bits per heavy atom. The molecule has 0 bridgehead atoms. The molecule has 5 heteroatoms. The zero-order valence-corrected chi connectivity index (χ0v) is 23.2. The number of carbonyl (C=O) groups excluding carboxylic acids is 1. The smallest absolute Gasteiger partial charge is 0.240 e. The Balaban J connectivity index is 1.61. The van der Waals surface area contributed by atoms with E-state index in [-0.39, 0.29) is 44.3 Å². The number of nitrogens with two attached hydrogens (primary N) is 1. The molecule has 0 unspecified atom stereocenters. The Kier molecular flexibility index (Phi) is 5.56. The van der Waals surface area contributed by atoms with E-state index in [9.17, 15) is 15.0 Å². The first-order valence-corrected chi connectivity index (χ1v) is 14.2. The number of hydrogen-bond acceptors (Lipinski definition) is 4. The Bertz CT molecular complexity index is 942. The van der Waals surface area contributed by atoms with Gasteiger partial charge in [-0.1, -0.05) is 60.1 Å². The van der Waals surface area contributed by atoms with Gasteiger partial charge >= 0.3 is 0 Å². The van der Waals surface area contributed by atoms with Crippen molar-refractivity contribution in [1.29, 1.82) is 0 Å². The average molecular weight is 487 g/mol. The van der Waals surface area contributed by atoms with Gasteiger partial charge in [0.15, 0.2) is 0 Å². The molecule has 0 aromatic carbocycles. The van der Waals surface area contributed by atoms with Gasteiger partial charge in [0.05, 0.1) is 17.6 Å². The van der Waals surface area contributed by atoms with E-state index in [4.69, 9.17) is 5.84 Å². The number of fused-ring (bicyclic) bond motifs is 7. The Labute approximate surface area is 212 Å². The largest absolute Gasteiger partial charge is 0.390 e. The third-order valence-electron chi connectivity index (χ3n) is 13.2. The van der Waals surface area contributed by atoms with E-state index in [1.54, 1.807) is 0 Å². The van der Waals surface area contributed by atoms with Crippen LogP contribution >= 0.6 is 0 Å². The maximum absolute atomic E-state index is 13.3. The minimum absolute atomic E-state index is 0.0187. The van der Waals surface area contributed by atoms with Crippen LogP contribution in [-0.4, -0.2) is 28.3 Å². The lowest BCUT2D eigenvalue weighted by molar-refractivity contribution is -0.231. The van der Waals surface area contributed by atoms with E-state index in [0.29, 0.717) is 18.3 Å². The first kappa shape index (κ1) is 25.7. The highest BCUT2D eigenvalue weighted by Gasteiger charge is 2.69. The van der Waals surface area contributed by atoms with Crippen LogP contribution in [-0.2, 0) is 4.79 Å². The van der Waals surface area contributed by atoms with Crippen molar-refractivity contribution in [3.8, 4) is 0 Å². The molecule has 1 amide bonds. The molecule has 5 nitrogen and oxygen atoms in total. The monoisotopic (exact) mass is 486 g/mol. The topological polar surface area (TPSA) is 95.6 Å². The van der Waals surface area contributed by atoms with Crippen molar-refractivity contribution in [1.82, 2.24) is 5.43 Å². The van der Waals surface area contributed by atoms with Crippen LogP contribution in [0, 0.1) is 50.2 Å². The van der Waals surface area contributed by atoms with Crippen LogP contribution in [0.2, 0.25) is 0 Å². The van der Waals surface area contributed by atoms with Crippen molar-refractivity contribution < 1.29 is 15.0 Å². The Morgan fingerprint density at radius 3 is 2.26 bits per heavy atom. The molecule has 0 aromatic rings. The molecule has 5 N–H and O–H groups in total. The molecule has 4 saturated carbocycles. The van der Waals surface area contributed by atoms with E-state index in [1.807, 2.05) is 0 Å². The zero-order chi connectivity index (χ0) is 25.8. The van der Waals surface area contributed by atoms with Crippen molar-refractivity contribution in [2.75, 3.05) is 0 Å². The lowest BCUT2D eigenvalue weighted by Gasteiger charge is -2.71. The molecule has 0 saturated heterocycles. The highest BCUT2D eigenvalue weighted by Crippen LogP contribution is 2.75. The van der Waals surface area contributed by atoms with Crippen LogP contribution in [0.4, 0.5) is 0 Å². The Hall–Kier alpha value is -0.910. The molecule has 4 fully saturated rings. The number of hydrazine groups is 1. The third kappa shape index (κ3) is 3.13. The van der Waals surface area contributed by atoms with Gasteiger partial charge in [-0.25, -0.2) is 5.84 Å². The molecule has 5 aliphatic rings. The molecule has 0 radical (unpaired) electrons. The number of aliphatic hydroxyl groups is 2. The van der Waals surface area contributed by atoms with Gasteiger partial charge in [0.25, 0.3) is 0 Å². The first-order valence-electron chi connectivity index (χ1n) is 14.2. The van der Waals surface area contributed by atoms with Crippen LogP contribution < -0.4 is 11.3 Å². The summed E-state index contributed by atoms with van der Waals surface area (Å²) in [5.74, 6) is 6.91. The summed E-state index contributed by atoms with van der Waals surface area (Å²) in [5, 5.41) is 21.9. The van der Waals surface area contributed by atoms with Crippen LogP contribution in [0.15, 0.2) is 11.6 Å². The number of carbonyl (C=O) groups is 1. The third-order valence-corrected chi connectivity index (χ3v) is 13.2. The van der Waals surface area contributed by atoms with Crippen molar-refractivity contribution >= 4 is 5.91 Å². The van der Waals surface area contributed by atoms with Gasteiger partial charge in [-0.3, -0.25) is 10.2 Å². The number of nitrogens with one attached hydrogen (secondary N) is 1. The summed E-state index contributed by atoms with van der Waals surface area (Å²) in [6.45, 7) is 16.5. The number of allylic oxidation sites excluding steroid dienone is 2. The van der Waals surface area contributed by atoms with E-state index in [0.717, 1.165) is 51.4 Å². The van der Waals surface area contributed by atoms with Crippen LogP contribution in [0.1, 0.15) is 106 Å². The Morgan fingerprint density at radius 2 is 1.60 bits per heavy atom. The van der Waals surface area contributed by atoms with Crippen LogP contribution in [0.25, 0.3) is 0 Å². The van der Waals surface area contributed by atoms with Gasteiger partial charge in [-0.15, -0.1) is 0 Å². The zero-order valence-electron chi connectivity index (χ0n) is 23.2. The number of rotatable bonds is 1. The van der Waals surface area contributed by atoms with Gasteiger partial charge in [-0.05, 0) is 103 Å². The summed E-state index contributed by atoms with van der Waals surface area (Å²) in [6.07, 6.45) is 10.1. The summed E-state index contributed by atoms with van der Waals surface area (Å²) in [4.78, 5) is 13.3. The fourth-order valence-corrected chi connectivity index (χ4v) is 10.9. The predicted molar refractivity (Wildman–Crippen MR) is 139 cm³/mol. The molecule has 5 rings (SSSR count). The predicted octanol–water partition coefficient (Wildman–Crippen LogP) is 5.11. The molecular formula is C30H50N2O3. The number of aliphatic hydroxyl groups excluding tert-OH is 2. The minimum Gasteiger partial charge on any atom is -0.390 e. The van der Waals surface area contributed by atoms with E-state index < -0.39 is 12.2 Å². The molecule has 35 heavy (non-hydrogen) atoms. The lowest BCUT2D eigenvalue weighted by atomic mass is 9.33. The second-order valence-corrected chi connectivity index (χ2v) is 15.4. The quantitative estimate of drug-likeness (QED) is 0.179. The highest BCUT2D eigenvalue weighted by molar-refractivity contribution is 5.83. The van der Waals surface area contributed by atoms with Gasteiger partial charge in [-0.2, -0.15) is 0 Å². The van der Waals surface area contributed by atoms with Gasteiger partial charge in [0, 0.05) is 0 Å². The van der Waals surface area contributed by atoms with Crippen molar-refractivity contribution in [3.63, 3.8) is 0 Å². The van der Waals surface area contributed by atoms with Crippen LogP contribution in [0.5, 0.6) is 0 Å². The summed E-state index contributed by atoms with van der Waals surface area (Å²) in [5.41, 5.74) is 3.75. The molecule has 0 aliphatic heterocycles. The van der Waals surface area contributed by atoms with E-state index in [1.165, 1.54) is 5.57 Å². The maximum Gasteiger partial charge on any atom is 0.240 e. The van der Waals surface area contributed by atoms with Crippen molar-refractivity contribution in [2.24, 2.45) is 56.1 Å². The summed E-state index contributed by atoms with van der Waals surface area (Å²) >= 11 is 0. The van der Waals surface area contributed by atoms with E-state index in [2.05, 4.69) is 60.0 Å². The molecular weight excluding hydrogens is 436 g/mol. The molecule has 0 aromatic heterocycles. The standard InChI is InChI=1S/C30H50N2O3/c1-25(2)12-14-30(24(35)32-31)15-13-28(6)18(19(30)16-25)8-9-22-27(5)17-20(33)23(34)26(3,4)21(27)10-11-29(22,28)7/h8,19-23,33-34H,9-17,31H2,1-7H3,(H,32,35)/t19-,20-,21-,22-,23-,27-,28+,29-,30+/m0/s1. The number of amides is 1. The van der Waals surface area contributed by atoms with Gasteiger partial charge in [0.2, 0.25) is 5.91 Å². The van der Waals surface area contributed by atoms with Gasteiger partial charge in [0.1, 0.15) is 0 Å². The fourth-order valence-electron chi connectivity index (χ4n) is 10.9. The van der Waals surface area contributed by atoms with E-state index >= 15 is 0 Å². The second kappa shape index (κ2) is 7.57. The first-order chi connectivity index (χ1) is 16.1. The summed E-state index contributed by atoms with van der Waals surface area (Å²) in [6, 6.07) is 0. The lowest BCUT2D eigenvalue weighted by Crippen LogP contribution is -2.67. The molecule has 5 aliphatic carbocycles. The van der Waals surface area contributed by atoms with Gasteiger partial charge < -0.3 is 10.2 Å². The molecule has 0 spiro atoms. The molecule has 9 atom stereocenters. The SMILES string of the molecule is CC1(C)CC[C@@]2(C(=O)NN)CC[C@]3(C)C(=CC[C@H]4[C@@]5(C)C[C@H](O)[C@H](O)C(C)(C)[C@@H]5CC[C@@]43C)[C@@H]2C1. The second-order valence-electron chi connectivity index (χ2n) is 15.4. The summed E-state index contributed by atoms with van der Waals surface area (Å²) in [7, 11) is 0. The van der Waals surface area contributed by atoms with Crippen LogP contribution in [0.3, 0.4) is 0 Å². The summed E-state index contributed by atoms with van der Waals surface area (Å²) < 4.78 is 0. The normalized spacial score (nSPS) is 52.2. The minimum atomic E-state index is -0.668. The molecule has 198 valence electrons. The highest BCUT2D eigenvalue weighted by atomic mass is 16.3. The maximum atomic E-state index is 13.3. The fraction of sp³-hybridized carbons (Fsp3) is 0.900. The average Bonchev–Trinajstić information content (AvgIpc) is 2.77. The van der Waals surface area contributed by atoms with Crippen molar-refractivity contribution in [3.05, 3.63) is 11.6 Å². The number of hydrogen-bond donors (Lipinski definition) is 4. The van der Waals surface area contributed by atoms with Crippen molar-refractivity contribution in [2.45, 2.75) is 118 Å².